The Morgan fingerprint density at radius 2 is 1.71 bits per heavy atom. The van der Waals surface area contributed by atoms with E-state index in [0.29, 0.717) is 30.0 Å². The molecule has 0 spiro atoms. The minimum atomic E-state index is -4.38. The van der Waals surface area contributed by atoms with Crippen LogP contribution in [-0.4, -0.2) is 44.9 Å². The van der Waals surface area contributed by atoms with Gasteiger partial charge in [0, 0.05) is 49.2 Å². The van der Waals surface area contributed by atoms with Gasteiger partial charge in [0.25, 0.3) is 0 Å². The molecule has 2 heterocycles. The van der Waals surface area contributed by atoms with E-state index >= 15 is 0 Å². The average Bonchev–Trinajstić information content (AvgIpc) is 3.36. The van der Waals surface area contributed by atoms with Crippen LogP contribution in [0.5, 0.6) is 0 Å². The number of carbonyl (C=O) groups excluding carboxylic acids is 1. The molecule has 0 atom stereocenters. The Bertz CT molecular complexity index is 1530. The summed E-state index contributed by atoms with van der Waals surface area (Å²) >= 11 is 0. The molecule has 0 bridgehead atoms. The molecule has 0 saturated carbocycles. The number of amides is 2. The first-order valence-electron chi connectivity index (χ1n) is 13.8. The van der Waals surface area contributed by atoms with Gasteiger partial charge in [-0.2, -0.15) is 18.4 Å². The zero-order chi connectivity index (χ0) is 29.7. The minimum absolute atomic E-state index is 0.0172. The molecule has 2 amide bonds. The van der Waals surface area contributed by atoms with E-state index in [9.17, 15) is 18.0 Å². The Hall–Kier alpha value is -4.62. The van der Waals surface area contributed by atoms with E-state index < -0.39 is 11.7 Å². The number of rotatable bonds is 7. The van der Waals surface area contributed by atoms with Crippen LogP contribution in [0.2, 0.25) is 0 Å². The summed E-state index contributed by atoms with van der Waals surface area (Å²) in [5, 5.41) is 12.2. The maximum Gasteiger partial charge on any atom is 0.416 e. The molecule has 42 heavy (non-hydrogen) atoms. The van der Waals surface area contributed by atoms with Gasteiger partial charge in [-0.05, 0) is 61.7 Å². The van der Waals surface area contributed by atoms with Crippen LogP contribution in [0, 0.1) is 18.3 Å². The van der Waals surface area contributed by atoms with Gasteiger partial charge in [0.15, 0.2) is 0 Å². The highest BCUT2D eigenvalue weighted by Crippen LogP contribution is 2.31. The van der Waals surface area contributed by atoms with Gasteiger partial charge < -0.3 is 15.2 Å². The van der Waals surface area contributed by atoms with Gasteiger partial charge >= 0.3 is 12.2 Å². The molecule has 10 heteroatoms. The van der Waals surface area contributed by atoms with Crippen molar-refractivity contribution in [3.05, 3.63) is 107 Å². The van der Waals surface area contributed by atoms with Crippen LogP contribution in [0.4, 0.5) is 23.7 Å². The highest BCUT2D eigenvalue weighted by Gasteiger charge is 2.31. The van der Waals surface area contributed by atoms with Gasteiger partial charge in [-0.3, -0.25) is 4.90 Å². The van der Waals surface area contributed by atoms with E-state index in [1.165, 1.54) is 12.1 Å². The smallest absolute Gasteiger partial charge is 0.342 e. The number of H-pyrrole nitrogens is 1. The van der Waals surface area contributed by atoms with E-state index in [4.69, 9.17) is 5.26 Å². The monoisotopic (exact) mass is 572 g/mol. The first-order valence-corrected chi connectivity index (χ1v) is 13.8. The molecule has 3 aromatic carbocycles. The largest absolute Gasteiger partial charge is 0.416 e. The Morgan fingerprint density at radius 3 is 2.33 bits per heavy atom. The lowest BCUT2D eigenvalue weighted by molar-refractivity contribution is -0.137. The molecule has 7 nitrogen and oxygen atoms in total. The Labute approximate surface area is 242 Å². The number of hydrogen-bond donors (Lipinski definition) is 2. The lowest BCUT2D eigenvalue weighted by atomic mass is 10.0. The highest BCUT2D eigenvalue weighted by atomic mass is 19.4. The number of likely N-dealkylation sites (tertiary alicyclic amines) is 1. The second-order valence-electron chi connectivity index (χ2n) is 10.5. The van der Waals surface area contributed by atoms with Crippen molar-refractivity contribution in [3.63, 3.8) is 0 Å². The molecule has 1 aromatic heterocycles. The lowest BCUT2D eigenvalue weighted by Crippen LogP contribution is -2.48. The molecule has 1 fully saturated rings. The van der Waals surface area contributed by atoms with Crippen molar-refractivity contribution in [2.45, 2.75) is 45.1 Å². The predicted molar refractivity (Wildman–Crippen MR) is 154 cm³/mol. The summed E-state index contributed by atoms with van der Waals surface area (Å²) in [5.74, 6) is 0.539. The summed E-state index contributed by atoms with van der Waals surface area (Å²) in [6.45, 7) is 4.45. The Morgan fingerprint density at radius 1 is 1.05 bits per heavy atom. The molecule has 1 aliphatic heterocycles. The van der Waals surface area contributed by atoms with E-state index in [1.54, 1.807) is 12.1 Å². The van der Waals surface area contributed by atoms with Crippen molar-refractivity contribution in [1.82, 2.24) is 19.8 Å². The number of aromatic amines is 1. The van der Waals surface area contributed by atoms with E-state index in [-0.39, 0.29) is 12.1 Å². The normalized spacial score (nSPS) is 14.4. The van der Waals surface area contributed by atoms with E-state index in [1.807, 2.05) is 54.3 Å². The molecule has 1 saturated heterocycles. The number of benzene rings is 3. The number of aromatic nitrogens is 2. The fourth-order valence-corrected chi connectivity index (χ4v) is 5.17. The molecule has 4 aromatic rings. The zero-order valence-electron chi connectivity index (χ0n) is 23.2. The topological polar surface area (TPSA) is 88.1 Å². The number of nitrogens with zero attached hydrogens (tertiary/aromatic N) is 4. The summed E-state index contributed by atoms with van der Waals surface area (Å²) in [4.78, 5) is 25.5. The van der Waals surface area contributed by atoms with Crippen LogP contribution < -0.4 is 5.32 Å². The first kappa shape index (κ1) is 28.9. The average molecular weight is 573 g/mol. The molecule has 0 aliphatic carbocycles. The zero-order valence-corrected chi connectivity index (χ0v) is 23.2. The summed E-state index contributed by atoms with van der Waals surface area (Å²) in [6.07, 6.45) is -2.84. The minimum Gasteiger partial charge on any atom is -0.342 e. The number of carbonyl (C=O) groups is 1. The number of halogens is 3. The summed E-state index contributed by atoms with van der Waals surface area (Å²) in [7, 11) is 0. The van der Waals surface area contributed by atoms with Crippen LogP contribution in [0.15, 0.2) is 78.9 Å². The van der Waals surface area contributed by atoms with Gasteiger partial charge in [-0.15, -0.1) is 0 Å². The quantitative estimate of drug-likeness (QED) is 0.250. The van der Waals surface area contributed by atoms with Crippen molar-refractivity contribution in [2.75, 3.05) is 18.4 Å². The number of alkyl halides is 3. The number of nitrogens with one attached hydrogen (secondary N) is 2. The lowest BCUT2D eigenvalue weighted by Gasteiger charge is -2.38. The van der Waals surface area contributed by atoms with Gasteiger partial charge in [-0.25, -0.2) is 9.78 Å². The molecule has 216 valence electrons. The number of anilines is 1. The predicted octanol–water partition coefficient (Wildman–Crippen LogP) is 6.97. The van der Waals surface area contributed by atoms with Crippen LogP contribution in [-0.2, 0) is 19.3 Å². The fourth-order valence-electron chi connectivity index (χ4n) is 5.17. The third-order valence-electron chi connectivity index (χ3n) is 7.56. The SMILES string of the molecule is Cc1[nH]c(-c2ccc(C(F)(F)F)cc2)nc1CN1CCC(N(Cc2ccc(C#N)cc2)C(=O)Nc2ccccc2)CC1. The molecule has 0 unspecified atom stereocenters. The number of aryl methyl sites for hydroxylation is 1. The summed E-state index contributed by atoms with van der Waals surface area (Å²) < 4.78 is 38.8. The molecule has 5 rings (SSSR count). The van der Waals surface area contributed by atoms with Crippen molar-refractivity contribution in [2.24, 2.45) is 0 Å². The van der Waals surface area contributed by atoms with Gasteiger partial charge in [-0.1, -0.05) is 42.5 Å². The van der Waals surface area contributed by atoms with Crippen molar-refractivity contribution >= 4 is 11.7 Å². The highest BCUT2D eigenvalue weighted by molar-refractivity contribution is 5.89. The molecule has 0 radical (unpaired) electrons. The third-order valence-corrected chi connectivity index (χ3v) is 7.56. The van der Waals surface area contributed by atoms with Crippen molar-refractivity contribution in [3.8, 4) is 17.5 Å². The van der Waals surface area contributed by atoms with Crippen LogP contribution >= 0.6 is 0 Å². The van der Waals surface area contributed by atoms with Gasteiger partial charge in [0.2, 0.25) is 0 Å². The number of imidazole rings is 1. The summed E-state index contributed by atoms with van der Waals surface area (Å²) in [5.41, 5.74) is 3.87. The fraction of sp³-hybridized carbons (Fsp3) is 0.281. The third kappa shape index (κ3) is 6.98. The molecular weight excluding hydrogens is 541 g/mol. The number of para-hydroxylation sites is 1. The Kier molecular flexibility index (Phi) is 8.59. The van der Waals surface area contributed by atoms with Gasteiger partial charge in [0.05, 0.1) is 22.9 Å². The van der Waals surface area contributed by atoms with Crippen LogP contribution in [0.1, 0.15) is 40.9 Å². The van der Waals surface area contributed by atoms with Crippen LogP contribution in [0.25, 0.3) is 11.4 Å². The number of piperidine rings is 1. The van der Waals surface area contributed by atoms with Crippen molar-refractivity contribution in [1.29, 1.82) is 5.26 Å². The first-order chi connectivity index (χ1) is 20.2. The molecule has 2 N–H and O–H groups in total. The molecular formula is C32H31F3N6O. The molecule has 1 aliphatic rings. The Balaban J connectivity index is 1.24. The van der Waals surface area contributed by atoms with Crippen molar-refractivity contribution < 1.29 is 18.0 Å². The maximum absolute atomic E-state index is 13.4. The maximum atomic E-state index is 13.4. The van der Waals surface area contributed by atoms with Gasteiger partial charge in [0.1, 0.15) is 5.82 Å². The van der Waals surface area contributed by atoms with E-state index in [0.717, 1.165) is 60.7 Å². The standard InChI is InChI=1S/C32H31F3N6O/c1-22-29(39-30(37-22)25-11-13-26(14-12-25)32(33,34)35)21-40-17-15-28(16-18-40)41(20-24-9-7-23(19-36)8-10-24)31(42)38-27-5-3-2-4-6-27/h2-14,28H,15-18,20-21H2,1H3,(H,37,39)(H,38,42). The number of urea groups is 1. The number of hydrogen-bond acceptors (Lipinski definition) is 4. The second kappa shape index (κ2) is 12.5. The van der Waals surface area contributed by atoms with Crippen LogP contribution in [0.3, 0.4) is 0 Å². The summed E-state index contributed by atoms with van der Waals surface area (Å²) in [6, 6.07) is 23.6. The number of nitriles is 1. The van der Waals surface area contributed by atoms with E-state index in [2.05, 4.69) is 26.3 Å². The second-order valence-corrected chi connectivity index (χ2v) is 10.5.